The third-order valence-electron chi connectivity index (χ3n) is 8.87. The van der Waals surface area contributed by atoms with E-state index in [2.05, 4.69) is 159 Å². The second-order valence-corrected chi connectivity index (χ2v) is 11.4. The lowest BCUT2D eigenvalue weighted by Gasteiger charge is -2.21. The molecule has 0 aliphatic carbocycles. The van der Waals surface area contributed by atoms with Crippen LogP contribution in [0.25, 0.3) is 76.5 Å². The third-order valence-corrected chi connectivity index (χ3v) is 8.87. The number of hydrogen-bond donors (Lipinski definition) is 0. The molecule has 0 N–H and O–H groups in total. The summed E-state index contributed by atoms with van der Waals surface area (Å²) in [6.45, 7) is 4.56. The monoisotopic (exact) mass is 534 g/mol. The van der Waals surface area contributed by atoms with Crippen molar-refractivity contribution in [3.05, 3.63) is 157 Å². The minimum atomic E-state index is 1.26. The Kier molecular flexibility index (Phi) is 5.69. The number of rotatable bonds is 3. The zero-order valence-electron chi connectivity index (χ0n) is 23.9. The fraction of sp³-hybridized carbons (Fsp3) is 0.0476. The summed E-state index contributed by atoms with van der Waals surface area (Å²) in [4.78, 5) is 0. The summed E-state index contributed by atoms with van der Waals surface area (Å²) in [5, 5.41) is 10.3. The van der Waals surface area contributed by atoms with Gasteiger partial charge in [-0.2, -0.15) is 0 Å². The van der Waals surface area contributed by atoms with Gasteiger partial charge in [0.05, 0.1) is 0 Å². The van der Waals surface area contributed by atoms with Crippen LogP contribution in [-0.4, -0.2) is 0 Å². The van der Waals surface area contributed by atoms with E-state index in [4.69, 9.17) is 0 Å². The van der Waals surface area contributed by atoms with Crippen LogP contribution in [0, 0.1) is 13.8 Å². The Labute approximate surface area is 246 Å². The molecule has 8 aromatic rings. The first kappa shape index (κ1) is 24.6. The SMILES string of the molecule is Cc1cc(-c2ccc3ccccc3c2)c2ccccc2c1-c1c(C)cc(-c2cccc3ccccc23)c2ccccc12. The fourth-order valence-corrected chi connectivity index (χ4v) is 6.97. The Morgan fingerprint density at radius 3 is 1.50 bits per heavy atom. The molecule has 42 heavy (non-hydrogen) atoms. The van der Waals surface area contributed by atoms with E-state index in [-0.39, 0.29) is 0 Å². The van der Waals surface area contributed by atoms with Crippen LogP contribution < -0.4 is 0 Å². The van der Waals surface area contributed by atoms with E-state index in [9.17, 15) is 0 Å². The van der Waals surface area contributed by atoms with Gasteiger partial charge in [0.25, 0.3) is 0 Å². The summed E-state index contributed by atoms with van der Waals surface area (Å²) in [7, 11) is 0. The second kappa shape index (κ2) is 9.72. The molecule has 0 amide bonds. The molecule has 0 nitrogen and oxygen atoms in total. The largest absolute Gasteiger partial charge is 0.0616 e. The first-order valence-corrected chi connectivity index (χ1v) is 14.7. The van der Waals surface area contributed by atoms with Gasteiger partial charge >= 0.3 is 0 Å². The molecule has 0 atom stereocenters. The number of hydrogen-bond acceptors (Lipinski definition) is 0. The highest BCUT2D eigenvalue weighted by molar-refractivity contribution is 6.15. The normalized spacial score (nSPS) is 11.6. The Hall–Kier alpha value is -5.20. The average molecular weight is 535 g/mol. The smallest absolute Gasteiger partial charge is 0.00668 e. The van der Waals surface area contributed by atoms with Gasteiger partial charge in [-0.15, -0.1) is 0 Å². The van der Waals surface area contributed by atoms with Gasteiger partial charge in [-0.3, -0.25) is 0 Å². The molecule has 0 aromatic heterocycles. The third kappa shape index (κ3) is 3.84. The van der Waals surface area contributed by atoms with Crippen molar-refractivity contribution in [3.63, 3.8) is 0 Å². The second-order valence-electron chi connectivity index (χ2n) is 11.4. The summed E-state index contributed by atoms with van der Waals surface area (Å²) in [6.07, 6.45) is 0. The zero-order chi connectivity index (χ0) is 28.2. The molecule has 0 aliphatic rings. The summed E-state index contributed by atoms with van der Waals surface area (Å²) in [5.41, 5.74) is 10.4. The maximum Gasteiger partial charge on any atom is -0.00668 e. The van der Waals surface area contributed by atoms with E-state index in [1.165, 1.54) is 87.6 Å². The Balaban J connectivity index is 1.41. The van der Waals surface area contributed by atoms with E-state index >= 15 is 0 Å². The lowest BCUT2D eigenvalue weighted by molar-refractivity contribution is 1.44. The molecule has 8 aromatic carbocycles. The summed E-state index contributed by atoms with van der Waals surface area (Å²) >= 11 is 0. The van der Waals surface area contributed by atoms with Crippen LogP contribution in [0.1, 0.15) is 11.1 Å². The van der Waals surface area contributed by atoms with Crippen LogP contribution in [0.2, 0.25) is 0 Å². The van der Waals surface area contributed by atoms with Gasteiger partial charge in [-0.05, 0) is 108 Å². The van der Waals surface area contributed by atoms with Crippen molar-refractivity contribution >= 4 is 43.1 Å². The maximum atomic E-state index is 2.41. The number of fused-ring (bicyclic) bond motifs is 4. The molecule has 0 unspecified atom stereocenters. The Morgan fingerprint density at radius 2 is 0.810 bits per heavy atom. The number of aryl methyl sites for hydroxylation is 2. The van der Waals surface area contributed by atoms with Crippen molar-refractivity contribution in [1.82, 2.24) is 0 Å². The molecule has 0 fully saturated rings. The van der Waals surface area contributed by atoms with E-state index in [0.717, 1.165) is 0 Å². The van der Waals surface area contributed by atoms with Gasteiger partial charge in [-0.1, -0.05) is 140 Å². The molecular weight excluding hydrogens is 504 g/mol. The predicted molar refractivity (Wildman–Crippen MR) is 182 cm³/mol. The van der Waals surface area contributed by atoms with Crippen molar-refractivity contribution in [2.45, 2.75) is 13.8 Å². The average Bonchev–Trinajstić information content (AvgIpc) is 3.04. The highest BCUT2D eigenvalue weighted by Gasteiger charge is 2.19. The maximum absolute atomic E-state index is 2.41. The van der Waals surface area contributed by atoms with Gasteiger partial charge in [-0.25, -0.2) is 0 Å². The van der Waals surface area contributed by atoms with Gasteiger partial charge in [0.15, 0.2) is 0 Å². The van der Waals surface area contributed by atoms with Crippen molar-refractivity contribution in [3.8, 4) is 33.4 Å². The first-order chi connectivity index (χ1) is 20.7. The molecule has 0 bridgehead atoms. The topological polar surface area (TPSA) is 0 Å². The van der Waals surface area contributed by atoms with Crippen molar-refractivity contribution in [1.29, 1.82) is 0 Å². The molecule has 198 valence electrons. The minimum Gasteiger partial charge on any atom is -0.0616 e. The van der Waals surface area contributed by atoms with E-state index < -0.39 is 0 Å². The molecular formula is C42H30. The molecule has 8 rings (SSSR count). The molecule has 0 radical (unpaired) electrons. The lowest BCUT2D eigenvalue weighted by Crippen LogP contribution is -1.95. The molecule has 0 heterocycles. The first-order valence-electron chi connectivity index (χ1n) is 14.7. The molecule has 0 spiro atoms. The van der Waals surface area contributed by atoms with Gasteiger partial charge in [0, 0.05) is 0 Å². The molecule has 0 heteroatoms. The summed E-state index contributed by atoms with van der Waals surface area (Å²) in [5.74, 6) is 0. The van der Waals surface area contributed by atoms with Gasteiger partial charge in [0.1, 0.15) is 0 Å². The lowest BCUT2D eigenvalue weighted by atomic mass is 9.82. The predicted octanol–water partition coefficient (Wildman–Crippen LogP) is 11.9. The summed E-state index contributed by atoms with van der Waals surface area (Å²) < 4.78 is 0. The van der Waals surface area contributed by atoms with Crippen LogP contribution in [0.15, 0.2) is 146 Å². The van der Waals surface area contributed by atoms with Crippen LogP contribution in [0.4, 0.5) is 0 Å². The highest BCUT2D eigenvalue weighted by atomic mass is 14.2. The van der Waals surface area contributed by atoms with Crippen molar-refractivity contribution in [2.24, 2.45) is 0 Å². The standard InChI is InChI=1S/C42H30/c1-27-24-39(32-23-22-29-12-3-4-14-31(29)26-32)35-17-7-9-19-37(35)41(27)42-28(2)25-40(36-18-8-10-20-38(36)42)34-21-11-15-30-13-5-6-16-33(30)34/h3-26H,1-2H3. The quantitative estimate of drug-likeness (QED) is 0.211. The molecule has 0 saturated carbocycles. The van der Waals surface area contributed by atoms with Gasteiger partial charge < -0.3 is 0 Å². The minimum absolute atomic E-state index is 1.26. The van der Waals surface area contributed by atoms with E-state index in [1.807, 2.05) is 0 Å². The molecule has 0 saturated heterocycles. The highest BCUT2D eigenvalue weighted by Crippen LogP contribution is 2.45. The van der Waals surface area contributed by atoms with Crippen molar-refractivity contribution < 1.29 is 0 Å². The van der Waals surface area contributed by atoms with Crippen molar-refractivity contribution in [2.75, 3.05) is 0 Å². The van der Waals surface area contributed by atoms with Crippen LogP contribution in [0.5, 0.6) is 0 Å². The number of benzene rings is 8. The van der Waals surface area contributed by atoms with E-state index in [1.54, 1.807) is 0 Å². The fourth-order valence-electron chi connectivity index (χ4n) is 6.97. The van der Waals surface area contributed by atoms with Crippen LogP contribution >= 0.6 is 0 Å². The van der Waals surface area contributed by atoms with E-state index in [0.29, 0.717) is 0 Å². The summed E-state index contributed by atoms with van der Waals surface area (Å²) in [6, 6.07) is 53.5. The zero-order valence-corrected chi connectivity index (χ0v) is 23.9. The Morgan fingerprint density at radius 1 is 0.310 bits per heavy atom. The van der Waals surface area contributed by atoms with Gasteiger partial charge in [0.2, 0.25) is 0 Å². The van der Waals surface area contributed by atoms with Crippen LogP contribution in [0.3, 0.4) is 0 Å². The van der Waals surface area contributed by atoms with Crippen LogP contribution in [-0.2, 0) is 0 Å². The Bertz CT molecular complexity index is 2310. The molecule has 0 aliphatic heterocycles.